The molecule has 0 aliphatic carbocycles. The molecular formula is C21H27ClN4O2. The second-order valence-corrected chi connectivity index (χ2v) is 8.02. The summed E-state index contributed by atoms with van der Waals surface area (Å²) in [5, 5.41) is 5.39. The maximum absolute atomic E-state index is 12.7. The first-order valence-electron chi connectivity index (χ1n) is 9.96. The van der Waals surface area contributed by atoms with E-state index in [1.54, 1.807) is 0 Å². The first kappa shape index (κ1) is 19.4. The fourth-order valence-corrected chi connectivity index (χ4v) is 4.33. The molecule has 1 fully saturated rings. The van der Waals surface area contributed by atoms with Crippen LogP contribution in [0, 0.1) is 0 Å². The molecule has 0 unspecified atom stereocenters. The SMILES string of the molecule is Cn1nc(CCC(=O)N2CCN(Cc3cccc(Cl)c3)CC2)c2c1CCOC2. The van der Waals surface area contributed by atoms with E-state index in [4.69, 9.17) is 16.3 Å². The molecule has 0 radical (unpaired) electrons. The fourth-order valence-electron chi connectivity index (χ4n) is 4.12. The van der Waals surface area contributed by atoms with E-state index in [1.165, 1.54) is 16.8 Å². The van der Waals surface area contributed by atoms with Crippen LogP contribution in [0.25, 0.3) is 0 Å². The summed E-state index contributed by atoms with van der Waals surface area (Å²) >= 11 is 6.07. The highest BCUT2D eigenvalue weighted by atomic mass is 35.5. The largest absolute Gasteiger partial charge is 0.376 e. The lowest BCUT2D eigenvalue weighted by molar-refractivity contribution is -0.133. The molecule has 0 spiro atoms. The smallest absolute Gasteiger partial charge is 0.223 e. The average Bonchev–Trinajstić information content (AvgIpc) is 3.03. The van der Waals surface area contributed by atoms with Gasteiger partial charge in [0.05, 0.1) is 18.9 Å². The minimum Gasteiger partial charge on any atom is -0.376 e. The van der Waals surface area contributed by atoms with Gasteiger partial charge < -0.3 is 9.64 Å². The van der Waals surface area contributed by atoms with E-state index in [0.29, 0.717) is 19.4 Å². The third-order valence-corrected chi connectivity index (χ3v) is 5.92. The first-order chi connectivity index (χ1) is 13.6. The summed E-state index contributed by atoms with van der Waals surface area (Å²) in [6.45, 7) is 5.60. The van der Waals surface area contributed by atoms with Crippen molar-refractivity contribution in [2.45, 2.75) is 32.4 Å². The molecule has 0 atom stereocenters. The molecule has 2 aromatic rings. The number of piperazine rings is 1. The van der Waals surface area contributed by atoms with Gasteiger partial charge in [0, 0.05) is 75.3 Å². The molecule has 2 aliphatic rings. The minimum atomic E-state index is 0.221. The van der Waals surface area contributed by atoms with E-state index in [1.807, 2.05) is 34.8 Å². The average molecular weight is 403 g/mol. The lowest BCUT2D eigenvalue weighted by Gasteiger charge is -2.34. The van der Waals surface area contributed by atoms with Gasteiger partial charge in [0.25, 0.3) is 0 Å². The van der Waals surface area contributed by atoms with E-state index in [2.05, 4.69) is 16.1 Å². The second kappa shape index (κ2) is 8.64. The summed E-state index contributed by atoms with van der Waals surface area (Å²) in [6, 6.07) is 7.99. The van der Waals surface area contributed by atoms with Crippen LogP contribution in [-0.4, -0.2) is 58.3 Å². The van der Waals surface area contributed by atoms with Crippen molar-refractivity contribution in [3.05, 3.63) is 51.8 Å². The molecule has 1 aromatic carbocycles. The Labute approximate surface area is 171 Å². The summed E-state index contributed by atoms with van der Waals surface area (Å²) in [6.07, 6.45) is 2.10. The molecular weight excluding hydrogens is 376 g/mol. The van der Waals surface area contributed by atoms with Crippen molar-refractivity contribution in [2.24, 2.45) is 7.05 Å². The fraction of sp³-hybridized carbons (Fsp3) is 0.524. The zero-order valence-electron chi connectivity index (χ0n) is 16.4. The number of nitrogens with zero attached hydrogens (tertiary/aromatic N) is 4. The molecule has 28 heavy (non-hydrogen) atoms. The van der Waals surface area contributed by atoms with Crippen LogP contribution in [-0.2, 0) is 42.6 Å². The standard InChI is InChI=1S/C21H27ClN4O2/c1-24-20-7-12-28-15-18(20)19(23-24)5-6-21(27)26-10-8-25(9-11-26)14-16-3-2-4-17(22)13-16/h2-4,13H,5-12,14-15H2,1H3. The lowest BCUT2D eigenvalue weighted by Crippen LogP contribution is -2.48. The van der Waals surface area contributed by atoms with Gasteiger partial charge >= 0.3 is 0 Å². The molecule has 2 aliphatic heterocycles. The van der Waals surface area contributed by atoms with Crippen LogP contribution < -0.4 is 0 Å². The number of carbonyl (C=O) groups excluding carboxylic acids is 1. The monoisotopic (exact) mass is 402 g/mol. The molecule has 1 amide bonds. The van der Waals surface area contributed by atoms with Gasteiger partial charge in [-0.05, 0) is 17.7 Å². The number of benzene rings is 1. The van der Waals surface area contributed by atoms with Crippen LogP contribution in [0.15, 0.2) is 24.3 Å². The Morgan fingerprint density at radius 2 is 2.07 bits per heavy atom. The van der Waals surface area contributed by atoms with E-state index < -0.39 is 0 Å². The van der Waals surface area contributed by atoms with Crippen LogP contribution in [0.3, 0.4) is 0 Å². The Hall–Kier alpha value is -1.89. The van der Waals surface area contributed by atoms with E-state index in [-0.39, 0.29) is 5.91 Å². The van der Waals surface area contributed by atoms with Gasteiger partial charge in [0.1, 0.15) is 0 Å². The molecule has 7 heteroatoms. The molecule has 0 N–H and O–H groups in total. The Morgan fingerprint density at radius 3 is 2.86 bits per heavy atom. The van der Waals surface area contributed by atoms with Crippen LogP contribution in [0.5, 0.6) is 0 Å². The summed E-state index contributed by atoms with van der Waals surface area (Å²) in [4.78, 5) is 17.0. The molecule has 1 aromatic heterocycles. The second-order valence-electron chi connectivity index (χ2n) is 7.58. The number of aromatic nitrogens is 2. The topological polar surface area (TPSA) is 50.6 Å². The molecule has 6 nitrogen and oxygen atoms in total. The van der Waals surface area contributed by atoms with Gasteiger partial charge in [0.15, 0.2) is 0 Å². The number of hydrogen-bond donors (Lipinski definition) is 0. The van der Waals surface area contributed by atoms with Crippen LogP contribution in [0.1, 0.15) is 28.9 Å². The number of amides is 1. The molecule has 1 saturated heterocycles. The molecule has 0 bridgehead atoms. The van der Waals surface area contributed by atoms with Crippen molar-refractivity contribution in [1.82, 2.24) is 19.6 Å². The molecule has 0 saturated carbocycles. The highest BCUT2D eigenvalue weighted by molar-refractivity contribution is 6.30. The number of hydrogen-bond acceptors (Lipinski definition) is 4. The van der Waals surface area contributed by atoms with Gasteiger partial charge in [-0.1, -0.05) is 23.7 Å². The maximum atomic E-state index is 12.7. The number of halogens is 1. The van der Waals surface area contributed by atoms with E-state index in [9.17, 15) is 4.79 Å². The van der Waals surface area contributed by atoms with Gasteiger partial charge in [-0.3, -0.25) is 14.4 Å². The number of ether oxygens (including phenoxy) is 1. The summed E-state index contributed by atoms with van der Waals surface area (Å²) in [5.74, 6) is 0.221. The Bertz CT molecular complexity index is 843. The first-order valence-corrected chi connectivity index (χ1v) is 10.3. The molecule has 150 valence electrons. The third-order valence-electron chi connectivity index (χ3n) is 5.68. The van der Waals surface area contributed by atoms with Crippen LogP contribution in [0.4, 0.5) is 0 Å². The van der Waals surface area contributed by atoms with Crippen molar-refractivity contribution in [3.8, 4) is 0 Å². The summed E-state index contributed by atoms with van der Waals surface area (Å²) in [5.41, 5.74) is 4.68. The minimum absolute atomic E-state index is 0.221. The molecule has 3 heterocycles. The Balaban J connectivity index is 1.26. The van der Waals surface area contributed by atoms with Gasteiger partial charge in [-0.25, -0.2) is 0 Å². The zero-order valence-corrected chi connectivity index (χ0v) is 17.1. The normalized spacial score (nSPS) is 17.6. The number of aryl methyl sites for hydroxylation is 2. The highest BCUT2D eigenvalue weighted by Gasteiger charge is 2.23. The zero-order chi connectivity index (χ0) is 19.5. The summed E-state index contributed by atoms with van der Waals surface area (Å²) < 4.78 is 7.53. The predicted molar refractivity (Wildman–Crippen MR) is 108 cm³/mol. The van der Waals surface area contributed by atoms with Crippen molar-refractivity contribution in [1.29, 1.82) is 0 Å². The van der Waals surface area contributed by atoms with Crippen LogP contribution in [0.2, 0.25) is 5.02 Å². The quantitative estimate of drug-likeness (QED) is 0.770. The Morgan fingerprint density at radius 1 is 1.25 bits per heavy atom. The number of fused-ring (bicyclic) bond motifs is 1. The molecule has 4 rings (SSSR count). The van der Waals surface area contributed by atoms with Gasteiger partial charge in [-0.15, -0.1) is 0 Å². The van der Waals surface area contributed by atoms with Gasteiger partial charge in [-0.2, -0.15) is 5.10 Å². The van der Waals surface area contributed by atoms with Crippen molar-refractivity contribution >= 4 is 17.5 Å². The van der Waals surface area contributed by atoms with Crippen molar-refractivity contribution in [3.63, 3.8) is 0 Å². The lowest BCUT2D eigenvalue weighted by atomic mass is 10.1. The maximum Gasteiger partial charge on any atom is 0.223 e. The van der Waals surface area contributed by atoms with Crippen molar-refractivity contribution in [2.75, 3.05) is 32.8 Å². The highest BCUT2D eigenvalue weighted by Crippen LogP contribution is 2.21. The van der Waals surface area contributed by atoms with Crippen LogP contribution >= 0.6 is 11.6 Å². The Kier molecular flexibility index (Phi) is 5.99. The number of carbonyl (C=O) groups is 1. The summed E-state index contributed by atoms with van der Waals surface area (Å²) in [7, 11) is 1.98. The number of rotatable bonds is 5. The third kappa shape index (κ3) is 4.40. The van der Waals surface area contributed by atoms with E-state index >= 15 is 0 Å². The van der Waals surface area contributed by atoms with Crippen molar-refractivity contribution < 1.29 is 9.53 Å². The predicted octanol–water partition coefficient (Wildman–Crippen LogP) is 2.42. The van der Waals surface area contributed by atoms with Gasteiger partial charge in [0.2, 0.25) is 5.91 Å². The van der Waals surface area contributed by atoms with E-state index in [0.717, 1.165) is 56.5 Å².